The Hall–Kier alpha value is -2.10. The topological polar surface area (TPSA) is 49.8 Å². The van der Waals surface area contributed by atoms with E-state index in [1.807, 2.05) is 13.0 Å². The van der Waals surface area contributed by atoms with Gasteiger partial charge in [0, 0.05) is 18.3 Å². The molecule has 2 aromatic rings. The van der Waals surface area contributed by atoms with Gasteiger partial charge in [-0.15, -0.1) is 0 Å². The number of nitrogens with one attached hydrogen (secondary N) is 2. The Bertz CT molecular complexity index is 578. The van der Waals surface area contributed by atoms with E-state index in [0.717, 1.165) is 36.1 Å². The number of hydrogen-bond donors (Lipinski definition) is 2. The van der Waals surface area contributed by atoms with Crippen molar-refractivity contribution in [3.05, 3.63) is 41.7 Å². The van der Waals surface area contributed by atoms with E-state index in [4.69, 9.17) is 0 Å². The standard InChI is InChI=1S/C18H26N4/c1-4-6-7-12-19-17-13-18(21-14(3)20-17)22-16-10-8-15(5-2)9-11-16/h8-11,13H,4-7,12H2,1-3H3,(H2,19,20,21,22). The van der Waals surface area contributed by atoms with Crippen molar-refractivity contribution in [2.45, 2.75) is 46.5 Å². The number of nitrogens with zero attached hydrogens (tertiary/aromatic N) is 2. The third-order valence-electron chi connectivity index (χ3n) is 3.56. The van der Waals surface area contributed by atoms with Gasteiger partial charge in [-0.05, 0) is 37.5 Å². The molecule has 0 fully saturated rings. The molecular weight excluding hydrogens is 272 g/mol. The van der Waals surface area contributed by atoms with Gasteiger partial charge in [0.1, 0.15) is 17.5 Å². The van der Waals surface area contributed by atoms with Crippen LogP contribution in [0.25, 0.3) is 0 Å². The van der Waals surface area contributed by atoms with Crippen LogP contribution in [0, 0.1) is 6.92 Å². The van der Waals surface area contributed by atoms with Crippen LogP contribution in [0.4, 0.5) is 17.3 Å². The Labute approximate surface area is 133 Å². The van der Waals surface area contributed by atoms with E-state index in [1.54, 1.807) is 0 Å². The maximum atomic E-state index is 4.45. The van der Waals surface area contributed by atoms with Crippen LogP contribution >= 0.6 is 0 Å². The summed E-state index contributed by atoms with van der Waals surface area (Å²) in [5.41, 5.74) is 2.38. The van der Waals surface area contributed by atoms with Gasteiger partial charge in [0.05, 0.1) is 0 Å². The van der Waals surface area contributed by atoms with E-state index in [2.05, 4.69) is 58.7 Å². The summed E-state index contributed by atoms with van der Waals surface area (Å²) in [6.07, 6.45) is 4.69. The van der Waals surface area contributed by atoms with E-state index in [-0.39, 0.29) is 0 Å². The normalized spacial score (nSPS) is 10.5. The monoisotopic (exact) mass is 298 g/mol. The molecule has 0 radical (unpaired) electrons. The third kappa shape index (κ3) is 5.02. The molecule has 0 unspecified atom stereocenters. The fraction of sp³-hybridized carbons (Fsp3) is 0.444. The van der Waals surface area contributed by atoms with E-state index in [9.17, 15) is 0 Å². The van der Waals surface area contributed by atoms with Gasteiger partial charge in [0.15, 0.2) is 0 Å². The fourth-order valence-electron chi connectivity index (χ4n) is 2.29. The molecule has 2 N–H and O–H groups in total. The smallest absolute Gasteiger partial charge is 0.136 e. The molecule has 1 aromatic carbocycles. The van der Waals surface area contributed by atoms with Crippen molar-refractivity contribution in [3.63, 3.8) is 0 Å². The lowest BCUT2D eigenvalue weighted by Crippen LogP contribution is -2.06. The molecule has 0 aliphatic carbocycles. The molecule has 4 heteroatoms. The molecule has 0 amide bonds. The van der Waals surface area contributed by atoms with Gasteiger partial charge in [-0.2, -0.15) is 0 Å². The summed E-state index contributed by atoms with van der Waals surface area (Å²) in [6, 6.07) is 10.4. The maximum absolute atomic E-state index is 4.45. The summed E-state index contributed by atoms with van der Waals surface area (Å²) in [6.45, 7) is 7.24. The van der Waals surface area contributed by atoms with Crippen molar-refractivity contribution in [2.75, 3.05) is 17.2 Å². The van der Waals surface area contributed by atoms with Gasteiger partial charge in [-0.1, -0.05) is 38.8 Å². The predicted octanol–water partition coefficient (Wildman–Crippen LogP) is 4.69. The second-order valence-corrected chi connectivity index (χ2v) is 5.49. The lowest BCUT2D eigenvalue weighted by molar-refractivity contribution is 0.742. The molecule has 22 heavy (non-hydrogen) atoms. The number of hydrogen-bond acceptors (Lipinski definition) is 4. The second kappa shape index (κ2) is 8.37. The van der Waals surface area contributed by atoms with Crippen LogP contribution in [0.2, 0.25) is 0 Å². The summed E-state index contributed by atoms with van der Waals surface area (Å²) < 4.78 is 0. The van der Waals surface area contributed by atoms with Crippen LogP contribution in [0.1, 0.15) is 44.5 Å². The minimum absolute atomic E-state index is 0.771. The summed E-state index contributed by atoms with van der Waals surface area (Å²) >= 11 is 0. The Morgan fingerprint density at radius 3 is 2.36 bits per heavy atom. The summed E-state index contributed by atoms with van der Waals surface area (Å²) in [5.74, 6) is 2.49. The van der Waals surface area contributed by atoms with Crippen molar-refractivity contribution < 1.29 is 0 Å². The minimum atomic E-state index is 0.771. The second-order valence-electron chi connectivity index (χ2n) is 5.49. The van der Waals surface area contributed by atoms with Crippen LogP contribution in [0.3, 0.4) is 0 Å². The van der Waals surface area contributed by atoms with Crippen LogP contribution in [-0.2, 0) is 6.42 Å². The first kappa shape index (κ1) is 16.3. The predicted molar refractivity (Wildman–Crippen MR) is 93.9 cm³/mol. The molecule has 0 saturated heterocycles. The first-order chi connectivity index (χ1) is 10.7. The number of aryl methyl sites for hydroxylation is 2. The molecule has 1 heterocycles. The number of unbranched alkanes of at least 4 members (excludes halogenated alkanes) is 2. The van der Waals surface area contributed by atoms with Gasteiger partial charge >= 0.3 is 0 Å². The van der Waals surface area contributed by atoms with Crippen LogP contribution < -0.4 is 10.6 Å². The molecular formula is C18H26N4. The Morgan fingerprint density at radius 1 is 0.955 bits per heavy atom. The molecule has 4 nitrogen and oxygen atoms in total. The van der Waals surface area contributed by atoms with Gasteiger partial charge < -0.3 is 10.6 Å². The van der Waals surface area contributed by atoms with Crippen LogP contribution in [-0.4, -0.2) is 16.5 Å². The van der Waals surface area contributed by atoms with Crippen molar-refractivity contribution >= 4 is 17.3 Å². The molecule has 2 rings (SSSR count). The van der Waals surface area contributed by atoms with Crippen LogP contribution in [0.5, 0.6) is 0 Å². The van der Waals surface area contributed by atoms with Crippen LogP contribution in [0.15, 0.2) is 30.3 Å². The Balaban J connectivity index is 2.01. The lowest BCUT2D eigenvalue weighted by atomic mass is 10.1. The molecule has 1 aromatic heterocycles. The molecule has 0 aliphatic rings. The van der Waals surface area contributed by atoms with E-state index >= 15 is 0 Å². The first-order valence-corrected chi connectivity index (χ1v) is 8.16. The van der Waals surface area contributed by atoms with Gasteiger partial charge in [-0.3, -0.25) is 0 Å². The number of rotatable bonds is 8. The molecule has 0 aliphatic heterocycles. The summed E-state index contributed by atoms with van der Waals surface area (Å²) in [7, 11) is 0. The van der Waals surface area contributed by atoms with Crippen molar-refractivity contribution in [1.82, 2.24) is 9.97 Å². The summed E-state index contributed by atoms with van der Waals surface area (Å²) in [5, 5.41) is 6.72. The Kier molecular flexibility index (Phi) is 6.19. The van der Waals surface area contributed by atoms with Crippen molar-refractivity contribution in [2.24, 2.45) is 0 Å². The third-order valence-corrected chi connectivity index (χ3v) is 3.56. The zero-order chi connectivity index (χ0) is 15.8. The molecule has 0 atom stereocenters. The van der Waals surface area contributed by atoms with Crippen molar-refractivity contribution in [1.29, 1.82) is 0 Å². The molecule has 0 spiro atoms. The zero-order valence-corrected chi connectivity index (χ0v) is 13.8. The minimum Gasteiger partial charge on any atom is -0.370 e. The summed E-state index contributed by atoms with van der Waals surface area (Å²) in [4.78, 5) is 8.89. The van der Waals surface area contributed by atoms with Gasteiger partial charge in [0.2, 0.25) is 0 Å². The Morgan fingerprint density at radius 2 is 1.68 bits per heavy atom. The average molecular weight is 298 g/mol. The highest BCUT2D eigenvalue weighted by Crippen LogP contribution is 2.18. The quantitative estimate of drug-likeness (QED) is 0.694. The lowest BCUT2D eigenvalue weighted by Gasteiger charge is -2.10. The van der Waals surface area contributed by atoms with Crippen molar-refractivity contribution in [3.8, 4) is 0 Å². The van der Waals surface area contributed by atoms with E-state index in [1.165, 1.54) is 24.8 Å². The highest BCUT2D eigenvalue weighted by atomic mass is 15.1. The first-order valence-electron chi connectivity index (χ1n) is 8.16. The highest BCUT2D eigenvalue weighted by molar-refractivity contribution is 5.59. The number of benzene rings is 1. The van der Waals surface area contributed by atoms with Gasteiger partial charge in [0.25, 0.3) is 0 Å². The molecule has 118 valence electrons. The molecule has 0 saturated carbocycles. The number of anilines is 3. The highest BCUT2D eigenvalue weighted by Gasteiger charge is 2.02. The van der Waals surface area contributed by atoms with E-state index in [0.29, 0.717) is 0 Å². The zero-order valence-electron chi connectivity index (χ0n) is 13.8. The number of aromatic nitrogens is 2. The maximum Gasteiger partial charge on any atom is 0.136 e. The SMILES string of the molecule is CCCCCNc1cc(Nc2ccc(CC)cc2)nc(C)n1. The fourth-order valence-corrected chi connectivity index (χ4v) is 2.29. The average Bonchev–Trinajstić information content (AvgIpc) is 2.52. The largest absolute Gasteiger partial charge is 0.370 e. The van der Waals surface area contributed by atoms with Gasteiger partial charge in [-0.25, -0.2) is 9.97 Å². The van der Waals surface area contributed by atoms with E-state index < -0.39 is 0 Å². The molecule has 0 bridgehead atoms.